The van der Waals surface area contributed by atoms with E-state index in [1.54, 1.807) is 30.3 Å². The van der Waals surface area contributed by atoms with Crippen LogP contribution in [-0.4, -0.2) is 38.2 Å². The molecule has 1 saturated heterocycles. The molecule has 2 amide bonds. The summed E-state index contributed by atoms with van der Waals surface area (Å²) in [6.45, 7) is 1.13. The van der Waals surface area contributed by atoms with Crippen molar-refractivity contribution in [1.29, 1.82) is 0 Å². The van der Waals surface area contributed by atoms with Gasteiger partial charge < -0.3 is 20.5 Å². The molecule has 0 radical (unpaired) electrons. The highest BCUT2D eigenvalue weighted by Crippen LogP contribution is 2.41. The number of piperidine rings is 1. The molecule has 190 valence electrons. The lowest BCUT2D eigenvalue weighted by Crippen LogP contribution is -2.38. The van der Waals surface area contributed by atoms with Crippen LogP contribution in [0.15, 0.2) is 47.5 Å². The van der Waals surface area contributed by atoms with Gasteiger partial charge in [-0.05, 0) is 55.1 Å². The predicted molar refractivity (Wildman–Crippen MR) is 126 cm³/mol. The molecule has 0 atom stereocenters. The average molecular weight is 515 g/mol. The standard InChI is InChI=1S/C23H25F3N4O4.ClH/c1-33-19-12-16(15-7-9-28-10-8-15)18(23(24,25)26)11-17(19)20(31)29-21(27)30-22(32)34-13-14-5-3-2-4-6-14;/h2-6,11-12,15,28H,7-10,13H2,1H3,(H3,27,29,30,31,32);1H. The van der Waals surface area contributed by atoms with Gasteiger partial charge in [-0.3, -0.25) is 10.1 Å². The molecule has 0 aliphatic carbocycles. The van der Waals surface area contributed by atoms with Crippen molar-refractivity contribution in [3.05, 3.63) is 64.7 Å². The molecule has 0 saturated carbocycles. The van der Waals surface area contributed by atoms with E-state index in [0.717, 1.165) is 6.07 Å². The van der Waals surface area contributed by atoms with Crippen molar-refractivity contribution in [3.63, 3.8) is 0 Å². The summed E-state index contributed by atoms with van der Waals surface area (Å²) in [5.41, 5.74) is 5.08. The highest BCUT2D eigenvalue weighted by atomic mass is 35.5. The summed E-state index contributed by atoms with van der Waals surface area (Å²) in [5, 5.41) is 5.22. The molecule has 35 heavy (non-hydrogen) atoms. The topological polar surface area (TPSA) is 115 Å². The Bertz CT molecular complexity index is 1060. The number of benzene rings is 2. The number of carbonyl (C=O) groups is 2. The number of aliphatic imine (C=N–C) groups is 1. The summed E-state index contributed by atoms with van der Waals surface area (Å²) in [6, 6.07) is 10.8. The van der Waals surface area contributed by atoms with Crippen LogP contribution in [0.25, 0.3) is 0 Å². The Morgan fingerprint density at radius 1 is 1.17 bits per heavy atom. The van der Waals surface area contributed by atoms with E-state index >= 15 is 0 Å². The first-order valence-corrected chi connectivity index (χ1v) is 10.5. The maximum absolute atomic E-state index is 13.8. The average Bonchev–Trinajstić information content (AvgIpc) is 2.82. The quantitative estimate of drug-likeness (QED) is 0.410. The smallest absolute Gasteiger partial charge is 0.437 e. The highest BCUT2D eigenvalue weighted by Gasteiger charge is 2.37. The van der Waals surface area contributed by atoms with Crippen molar-refractivity contribution in [2.75, 3.05) is 20.2 Å². The van der Waals surface area contributed by atoms with Crippen molar-refractivity contribution in [3.8, 4) is 5.75 Å². The van der Waals surface area contributed by atoms with Gasteiger partial charge >= 0.3 is 12.3 Å². The number of alkyl halides is 3. The van der Waals surface area contributed by atoms with Gasteiger partial charge in [-0.25, -0.2) is 4.79 Å². The van der Waals surface area contributed by atoms with E-state index in [9.17, 15) is 22.8 Å². The Balaban J connectivity index is 0.00000432. The molecule has 0 unspecified atom stereocenters. The Labute approximate surface area is 206 Å². The molecule has 0 spiro atoms. The van der Waals surface area contributed by atoms with E-state index in [4.69, 9.17) is 15.2 Å². The van der Waals surface area contributed by atoms with Gasteiger partial charge in [0.25, 0.3) is 5.91 Å². The Morgan fingerprint density at radius 2 is 1.83 bits per heavy atom. The minimum Gasteiger partial charge on any atom is -0.496 e. The van der Waals surface area contributed by atoms with E-state index in [0.29, 0.717) is 31.5 Å². The molecule has 0 aromatic heterocycles. The lowest BCUT2D eigenvalue weighted by Gasteiger charge is -2.27. The van der Waals surface area contributed by atoms with Gasteiger partial charge in [0.2, 0.25) is 5.96 Å². The van der Waals surface area contributed by atoms with Crippen molar-refractivity contribution in [2.45, 2.75) is 31.5 Å². The van der Waals surface area contributed by atoms with Crippen LogP contribution in [0.1, 0.15) is 45.8 Å². The largest absolute Gasteiger partial charge is 0.496 e. The Kier molecular flexibility index (Phi) is 9.90. The maximum atomic E-state index is 13.8. The first kappa shape index (κ1) is 27.9. The molecule has 1 heterocycles. The SMILES string of the molecule is COc1cc(C2CCNCC2)c(C(F)(F)F)cc1C(=O)N/C(N)=N\C(=O)OCc1ccccc1.Cl. The molecule has 1 fully saturated rings. The monoisotopic (exact) mass is 514 g/mol. The third kappa shape index (κ3) is 7.59. The van der Waals surface area contributed by atoms with E-state index in [-0.39, 0.29) is 41.8 Å². The molecular weight excluding hydrogens is 489 g/mol. The van der Waals surface area contributed by atoms with Crippen LogP contribution in [0, 0.1) is 0 Å². The molecule has 1 aliphatic heterocycles. The van der Waals surface area contributed by atoms with Gasteiger partial charge in [0.15, 0.2) is 0 Å². The van der Waals surface area contributed by atoms with Crippen LogP contribution in [0.5, 0.6) is 5.75 Å². The fourth-order valence-corrected chi connectivity index (χ4v) is 3.72. The maximum Gasteiger partial charge on any atom is 0.437 e. The minimum absolute atomic E-state index is 0. The number of rotatable bonds is 5. The van der Waals surface area contributed by atoms with Gasteiger partial charge in [-0.1, -0.05) is 30.3 Å². The fraction of sp³-hybridized carbons (Fsp3) is 0.348. The Hall–Kier alpha value is -3.31. The van der Waals surface area contributed by atoms with Crippen LogP contribution in [0.3, 0.4) is 0 Å². The van der Waals surface area contributed by atoms with Crippen molar-refractivity contribution in [2.24, 2.45) is 10.7 Å². The van der Waals surface area contributed by atoms with Crippen molar-refractivity contribution >= 4 is 30.4 Å². The molecular formula is C23H26ClF3N4O4. The number of methoxy groups -OCH3 is 1. The third-order valence-corrected chi connectivity index (χ3v) is 5.36. The van der Waals surface area contributed by atoms with Crippen molar-refractivity contribution < 1.29 is 32.2 Å². The molecule has 2 aromatic carbocycles. The zero-order valence-corrected chi connectivity index (χ0v) is 19.7. The fourth-order valence-electron chi connectivity index (χ4n) is 3.72. The molecule has 1 aliphatic rings. The third-order valence-electron chi connectivity index (χ3n) is 5.36. The summed E-state index contributed by atoms with van der Waals surface area (Å²) >= 11 is 0. The van der Waals surface area contributed by atoms with Gasteiger partial charge in [0, 0.05) is 0 Å². The number of guanidine groups is 1. The molecule has 8 nitrogen and oxygen atoms in total. The number of carbonyl (C=O) groups excluding carboxylic acids is 2. The summed E-state index contributed by atoms with van der Waals surface area (Å²) in [4.78, 5) is 27.9. The second-order valence-corrected chi connectivity index (χ2v) is 7.65. The summed E-state index contributed by atoms with van der Waals surface area (Å²) in [6.07, 6.45) is -4.68. The van der Waals surface area contributed by atoms with Gasteiger partial charge in [-0.15, -0.1) is 17.4 Å². The number of nitrogens with one attached hydrogen (secondary N) is 2. The molecule has 2 aromatic rings. The summed E-state index contributed by atoms with van der Waals surface area (Å²) in [7, 11) is 1.25. The normalized spacial score (nSPS) is 14.6. The number of amides is 2. The van der Waals surface area contributed by atoms with Crippen LogP contribution in [0.4, 0.5) is 18.0 Å². The first-order chi connectivity index (χ1) is 16.2. The number of ether oxygens (including phenoxy) is 2. The second-order valence-electron chi connectivity index (χ2n) is 7.65. The van der Waals surface area contributed by atoms with E-state index < -0.39 is 29.7 Å². The van der Waals surface area contributed by atoms with E-state index in [1.165, 1.54) is 13.2 Å². The van der Waals surface area contributed by atoms with Crippen LogP contribution < -0.4 is 21.1 Å². The first-order valence-electron chi connectivity index (χ1n) is 10.5. The molecule has 3 rings (SSSR count). The lowest BCUT2D eigenvalue weighted by molar-refractivity contribution is -0.138. The zero-order valence-electron chi connectivity index (χ0n) is 18.9. The number of hydrogen-bond acceptors (Lipinski definition) is 5. The van der Waals surface area contributed by atoms with Gasteiger partial charge in [0.05, 0.1) is 18.2 Å². The lowest BCUT2D eigenvalue weighted by atomic mass is 9.85. The number of nitrogens with zero attached hydrogens (tertiary/aromatic N) is 1. The highest BCUT2D eigenvalue weighted by molar-refractivity contribution is 6.08. The molecule has 0 bridgehead atoms. The van der Waals surface area contributed by atoms with Crippen molar-refractivity contribution in [1.82, 2.24) is 10.6 Å². The number of nitrogens with two attached hydrogens (primary N) is 1. The van der Waals surface area contributed by atoms with E-state index in [2.05, 4.69) is 15.6 Å². The van der Waals surface area contributed by atoms with Gasteiger partial charge in [-0.2, -0.15) is 13.2 Å². The second kappa shape index (κ2) is 12.4. The minimum atomic E-state index is -4.68. The summed E-state index contributed by atoms with van der Waals surface area (Å²) < 4.78 is 51.7. The van der Waals surface area contributed by atoms with Gasteiger partial charge in [0.1, 0.15) is 12.4 Å². The molecule has 4 N–H and O–H groups in total. The van der Waals surface area contributed by atoms with Crippen LogP contribution in [0.2, 0.25) is 0 Å². The van der Waals surface area contributed by atoms with E-state index in [1.807, 2.05) is 0 Å². The molecule has 12 heteroatoms. The summed E-state index contributed by atoms with van der Waals surface area (Å²) in [5.74, 6) is -1.99. The van der Waals surface area contributed by atoms with Crippen LogP contribution in [-0.2, 0) is 17.5 Å². The zero-order chi connectivity index (χ0) is 24.7. The van der Waals surface area contributed by atoms with Crippen LogP contribution >= 0.6 is 12.4 Å². The number of hydrogen-bond donors (Lipinski definition) is 3. The Morgan fingerprint density at radius 3 is 2.43 bits per heavy atom. The number of halogens is 4. The predicted octanol–water partition coefficient (Wildman–Crippen LogP) is 3.98.